The zero-order chi connectivity index (χ0) is 22.1. The topological polar surface area (TPSA) is 49.8 Å². The van der Waals surface area contributed by atoms with E-state index in [1.54, 1.807) is 24.0 Å². The van der Waals surface area contributed by atoms with Crippen molar-refractivity contribution in [2.45, 2.75) is 58.3 Å². The molecule has 1 heterocycles. The van der Waals surface area contributed by atoms with E-state index in [0.717, 1.165) is 11.6 Å². The summed E-state index contributed by atoms with van der Waals surface area (Å²) in [7, 11) is 0. The van der Waals surface area contributed by atoms with Crippen LogP contribution in [0.15, 0.2) is 42.5 Å². The molecule has 1 saturated heterocycles. The van der Waals surface area contributed by atoms with E-state index in [1.165, 1.54) is 12.1 Å². The summed E-state index contributed by atoms with van der Waals surface area (Å²) in [4.78, 5) is 14.5. The van der Waals surface area contributed by atoms with E-state index < -0.39 is 29.4 Å². The van der Waals surface area contributed by atoms with Crippen molar-refractivity contribution in [2.75, 3.05) is 6.54 Å². The second-order valence-corrected chi connectivity index (χ2v) is 8.51. The lowest BCUT2D eigenvalue weighted by atomic mass is 9.81. The Balaban J connectivity index is 1.75. The third kappa shape index (κ3) is 4.48. The van der Waals surface area contributed by atoms with Gasteiger partial charge in [0, 0.05) is 31.0 Å². The fourth-order valence-corrected chi connectivity index (χ4v) is 4.17. The standard InChI is InChI=1S/C24H29F2NO3/c1-15(2)24(14-16(3)28)11-12-27(23(29)30-24)17(4)18-5-7-19(8-6-18)21-10-9-20(25)13-22(21)26/h5-10,13,15-17,28H,11-12,14H2,1-4H3/t16?,17-,24?/m0/s1. The Bertz CT molecular complexity index is 898. The maximum atomic E-state index is 14.0. The monoisotopic (exact) mass is 417 g/mol. The average molecular weight is 417 g/mol. The molecular weight excluding hydrogens is 388 g/mol. The molecule has 0 spiro atoms. The zero-order valence-corrected chi connectivity index (χ0v) is 17.9. The van der Waals surface area contributed by atoms with Gasteiger partial charge >= 0.3 is 6.09 Å². The summed E-state index contributed by atoms with van der Waals surface area (Å²) in [6.45, 7) is 8.16. The van der Waals surface area contributed by atoms with Crippen molar-refractivity contribution in [1.29, 1.82) is 0 Å². The number of nitrogens with zero attached hydrogens (tertiary/aromatic N) is 1. The predicted molar refractivity (Wildman–Crippen MR) is 112 cm³/mol. The van der Waals surface area contributed by atoms with Gasteiger partial charge in [-0.05, 0) is 43.0 Å². The molecule has 1 aliphatic rings. The van der Waals surface area contributed by atoms with Crippen LogP contribution < -0.4 is 0 Å². The van der Waals surface area contributed by atoms with Gasteiger partial charge < -0.3 is 14.7 Å². The van der Waals surface area contributed by atoms with Gasteiger partial charge in [-0.25, -0.2) is 13.6 Å². The van der Waals surface area contributed by atoms with Crippen molar-refractivity contribution in [3.05, 3.63) is 59.7 Å². The largest absolute Gasteiger partial charge is 0.442 e. The molecule has 2 unspecified atom stereocenters. The number of hydrogen-bond acceptors (Lipinski definition) is 3. The summed E-state index contributed by atoms with van der Waals surface area (Å²) in [5.41, 5.74) is 1.20. The molecule has 1 fully saturated rings. The molecule has 1 aliphatic heterocycles. The summed E-state index contributed by atoms with van der Waals surface area (Å²) >= 11 is 0. The molecule has 1 N–H and O–H groups in total. The molecule has 2 aromatic carbocycles. The minimum Gasteiger partial charge on any atom is -0.442 e. The molecular formula is C24H29F2NO3. The number of aliphatic hydroxyl groups excluding tert-OH is 1. The number of halogens is 2. The third-order valence-corrected chi connectivity index (χ3v) is 6.10. The van der Waals surface area contributed by atoms with E-state index in [9.17, 15) is 18.7 Å². The van der Waals surface area contributed by atoms with E-state index in [2.05, 4.69) is 0 Å². The normalized spacial score (nSPS) is 21.5. The molecule has 3 rings (SSSR count). The van der Waals surface area contributed by atoms with Gasteiger partial charge in [-0.3, -0.25) is 0 Å². The Morgan fingerprint density at radius 3 is 2.30 bits per heavy atom. The highest BCUT2D eigenvalue weighted by atomic mass is 19.1. The molecule has 2 aromatic rings. The summed E-state index contributed by atoms with van der Waals surface area (Å²) in [6, 6.07) is 10.5. The number of benzene rings is 2. The number of amides is 1. The second kappa shape index (κ2) is 8.72. The van der Waals surface area contributed by atoms with Crippen LogP contribution in [0.2, 0.25) is 0 Å². The first-order chi connectivity index (χ1) is 14.1. The fraction of sp³-hybridized carbons (Fsp3) is 0.458. The number of cyclic esters (lactones) is 1. The zero-order valence-electron chi connectivity index (χ0n) is 17.9. The van der Waals surface area contributed by atoms with E-state index in [1.807, 2.05) is 32.9 Å². The van der Waals surface area contributed by atoms with Crippen LogP contribution in [0.1, 0.15) is 52.1 Å². The van der Waals surface area contributed by atoms with Crippen molar-refractivity contribution in [1.82, 2.24) is 4.90 Å². The number of ether oxygens (including phenoxy) is 1. The van der Waals surface area contributed by atoms with Crippen LogP contribution >= 0.6 is 0 Å². The lowest BCUT2D eigenvalue weighted by Gasteiger charge is -2.46. The van der Waals surface area contributed by atoms with E-state index >= 15 is 0 Å². The molecule has 0 aliphatic carbocycles. The lowest BCUT2D eigenvalue weighted by Crippen LogP contribution is -2.53. The van der Waals surface area contributed by atoms with Gasteiger partial charge in [0.15, 0.2) is 0 Å². The first-order valence-electron chi connectivity index (χ1n) is 10.4. The van der Waals surface area contributed by atoms with Crippen molar-refractivity contribution in [3.63, 3.8) is 0 Å². The van der Waals surface area contributed by atoms with E-state index in [-0.39, 0.29) is 12.0 Å². The van der Waals surface area contributed by atoms with Crippen LogP contribution in [0.3, 0.4) is 0 Å². The van der Waals surface area contributed by atoms with Crippen molar-refractivity contribution in [3.8, 4) is 11.1 Å². The quantitative estimate of drug-likeness (QED) is 0.656. The van der Waals surface area contributed by atoms with Crippen LogP contribution in [-0.2, 0) is 4.74 Å². The number of carbonyl (C=O) groups is 1. The number of aliphatic hydroxyl groups is 1. The second-order valence-electron chi connectivity index (χ2n) is 8.51. The summed E-state index contributed by atoms with van der Waals surface area (Å²) < 4.78 is 33.0. The maximum Gasteiger partial charge on any atom is 0.410 e. The van der Waals surface area contributed by atoms with Crippen LogP contribution in [0, 0.1) is 17.6 Å². The predicted octanol–water partition coefficient (Wildman–Crippen LogP) is 5.70. The number of carbonyl (C=O) groups excluding carboxylic acids is 1. The molecule has 30 heavy (non-hydrogen) atoms. The summed E-state index contributed by atoms with van der Waals surface area (Å²) in [6.07, 6.45) is 0.112. The molecule has 1 amide bonds. The molecule has 4 nitrogen and oxygen atoms in total. The first kappa shape index (κ1) is 22.2. The highest BCUT2D eigenvalue weighted by Gasteiger charge is 2.45. The Morgan fingerprint density at radius 1 is 1.10 bits per heavy atom. The Morgan fingerprint density at radius 2 is 1.77 bits per heavy atom. The van der Waals surface area contributed by atoms with Crippen LogP contribution in [0.5, 0.6) is 0 Å². The molecule has 3 atom stereocenters. The van der Waals surface area contributed by atoms with Crippen molar-refractivity contribution < 1.29 is 23.4 Å². The SMILES string of the molecule is CC(O)CC1(C(C)C)CCN([C@@H](C)c2ccc(-c3ccc(F)cc3F)cc2)C(=O)O1. The molecule has 0 saturated carbocycles. The molecule has 162 valence electrons. The number of rotatable bonds is 6. The average Bonchev–Trinajstić information content (AvgIpc) is 2.67. The molecule has 0 aromatic heterocycles. The van der Waals surface area contributed by atoms with Crippen LogP contribution in [0.4, 0.5) is 13.6 Å². The number of hydrogen-bond donors (Lipinski definition) is 1. The first-order valence-corrected chi connectivity index (χ1v) is 10.4. The fourth-order valence-electron chi connectivity index (χ4n) is 4.17. The molecule has 0 bridgehead atoms. The summed E-state index contributed by atoms with van der Waals surface area (Å²) in [5.74, 6) is -1.13. The minimum absolute atomic E-state index is 0.0957. The molecule has 6 heteroatoms. The minimum atomic E-state index is -0.661. The van der Waals surface area contributed by atoms with Gasteiger partial charge in [0.05, 0.1) is 12.1 Å². The Hall–Kier alpha value is -2.47. The Kier molecular flexibility index (Phi) is 6.46. The van der Waals surface area contributed by atoms with Gasteiger partial charge in [-0.2, -0.15) is 0 Å². The van der Waals surface area contributed by atoms with Gasteiger partial charge in [-0.15, -0.1) is 0 Å². The van der Waals surface area contributed by atoms with Gasteiger partial charge in [0.25, 0.3) is 0 Å². The lowest BCUT2D eigenvalue weighted by molar-refractivity contribution is -0.102. The van der Waals surface area contributed by atoms with Crippen molar-refractivity contribution in [2.24, 2.45) is 5.92 Å². The van der Waals surface area contributed by atoms with Crippen molar-refractivity contribution >= 4 is 6.09 Å². The van der Waals surface area contributed by atoms with Gasteiger partial charge in [0.1, 0.15) is 17.2 Å². The summed E-state index contributed by atoms with van der Waals surface area (Å²) in [5, 5.41) is 9.86. The molecule has 0 radical (unpaired) electrons. The highest BCUT2D eigenvalue weighted by Crippen LogP contribution is 2.38. The highest BCUT2D eigenvalue weighted by molar-refractivity contribution is 5.70. The smallest absolute Gasteiger partial charge is 0.410 e. The van der Waals surface area contributed by atoms with E-state index in [0.29, 0.717) is 30.5 Å². The maximum absolute atomic E-state index is 14.0. The van der Waals surface area contributed by atoms with Gasteiger partial charge in [0.2, 0.25) is 0 Å². The van der Waals surface area contributed by atoms with E-state index in [4.69, 9.17) is 4.74 Å². The van der Waals surface area contributed by atoms with Gasteiger partial charge in [-0.1, -0.05) is 38.1 Å². The third-order valence-electron chi connectivity index (χ3n) is 6.10. The Labute approximate surface area is 176 Å². The van der Waals surface area contributed by atoms with Crippen LogP contribution in [0.25, 0.3) is 11.1 Å². The van der Waals surface area contributed by atoms with Crippen LogP contribution in [-0.4, -0.2) is 34.3 Å².